The van der Waals surface area contributed by atoms with Gasteiger partial charge in [0.1, 0.15) is 11.6 Å². The van der Waals surface area contributed by atoms with Crippen LogP contribution >= 0.6 is 0 Å². The lowest BCUT2D eigenvalue weighted by molar-refractivity contribution is -0.150. The van der Waals surface area contributed by atoms with Crippen molar-refractivity contribution < 1.29 is 24.2 Å². The van der Waals surface area contributed by atoms with E-state index < -0.39 is 40.7 Å². The zero-order valence-corrected chi connectivity index (χ0v) is 22.3. The SMILES string of the molecule is CC(C)C[C@H](CO)N1C(=O)[C@@H]2[C@@H](C(=O)NCc3ccccc3)[C@@]3(C)CCC2(O3)C1C(=O)NC(C)(C)C. The fourth-order valence-corrected chi connectivity index (χ4v) is 6.61. The summed E-state index contributed by atoms with van der Waals surface area (Å²) >= 11 is 0. The van der Waals surface area contributed by atoms with Gasteiger partial charge in [-0.1, -0.05) is 44.2 Å². The molecule has 3 fully saturated rings. The summed E-state index contributed by atoms with van der Waals surface area (Å²) in [5, 5.41) is 16.4. The summed E-state index contributed by atoms with van der Waals surface area (Å²) < 4.78 is 6.64. The second-order valence-corrected chi connectivity index (χ2v) is 12.4. The van der Waals surface area contributed by atoms with E-state index >= 15 is 0 Å². The van der Waals surface area contributed by atoms with E-state index in [4.69, 9.17) is 4.74 Å². The Labute approximate surface area is 214 Å². The van der Waals surface area contributed by atoms with Gasteiger partial charge in [0.05, 0.1) is 30.1 Å². The van der Waals surface area contributed by atoms with Crippen LogP contribution in [0.15, 0.2) is 30.3 Å². The summed E-state index contributed by atoms with van der Waals surface area (Å²) in [7, 11) is 0. The number of amides is 3. The highest BCUT2D eigenvalue weighted by molar-refractivity contribution is 5.99. The number of aliphatic hydroxyl groups excluding tert-OH is 1. The lowest BCUT2D eigenvalue weighted by Crippen LogP contribution is -2.60. The van der Waals surface area contributed by atoms with E-state index in [1.807, 2.05) is 71.9 Å². The largest absolute Gasteiger partial charge is 0.394 e. The minimum absolute atomic E-state index is 0.207. The Hall–Kier alpha value is -2.45. The van der Waals surface area contributed by atoms with Crippen molar-refractivity contribution in [1.82, 2.24) is 15.5 Å². The first kappa shape index (κ1) is 26.6. The van der Waals surface area contributed by atoms with Crippen molar-refractivity contribution in [2.75, 3.05) is 6.61 Å². The van der Waals surface area contributed by atoms with Crippen molar-refractivity contribution in [2.45, 2.75) is 96.2 Å². The molecule has 3 aliphatic rings. The molecule has 6 atom stereocenters. The monoisotopic (exact) mass is 499 g/mol. The molecule has 3 N–H and O–H groups in total. The van der Waals surface area contributed by atoms with Gasteiger partial charge in [-0.25, -0.2) is 0 Å². The molecular weight excluding hydrogens is 458 g/mol. The Balaban J connectivity index is 1.71. The number of benzene rings is 1. The average Bonchev–Trinajstić information content (AvgIpc) is 3.36. The van der Waals surface area contributed by atoms with Crippen molar-refractivity contribution in [3.63, 3.8) is 0 Å². The second kappa shape index (κ2) is 9.45. The minimum atomic E-state index is -1.10. The molecule has 0 aliphatic carbocycles. The molecule has 1 aromatic carbocycles. The standard InChI is InChI=1S/C28H41N3O5/c1-17(2)14-19(16-32)31-22(24(34)30-26(3,4)5)28-13-12-27(6,36-28)20(21(28)25(31)35)23(33)29-15-18-10-8-7-9-11-18/h7-11,17,19-22,32H,12-16H2,1-6H3,(H,29,33)(H,30,34)/t19-,20+,21+,22?,27-,28?/m1/s1. The maximum Gasteiger partial charge on any atom is 0.246 e. The molecule has 198 valence electrons. The summed E-state index contributed by atoms with van der Waals surface area (Å²) in [6.07, 6.45) is 1.65. The lowest BCUT2D eigenvalue weighted by atomic mass is 9.66. The fraction of sp³-hybridized carbons (Fsp3) is 0.679. The van der Waals surface area contributed by atoms with E-state index in [-0.39, 0.29) is 30.2 Å². The normalized spacial score (nSPS) is 32.1. The molecule has 8 heteroatoms. The van der Waals surface area contributed by atoms with Gasteiger partial charge in [0.2, 0.25) is 17.7 Å². The van der Waals surface area contributed by atoms with Crippen LogP contribution in [0.1, 0.15) is 66.4 Å². The van der Waals surface area contributed by atoms with Gasteiger partial charge in [-0.2, -0.15) is 0 Å². The maximum absolute atomic E-state index is 14.1. The molecule has 4 rings (SSSR count). The average molecular weight is 500 g/mol. The van der Waals surface area contributed by atoms with Crippen LogP contribution in [0.3, 0.4) is 0 Å². The van der Waals surface area contributed by atoms with Gasteiger partial charge >= 0.3 is 0 Å². The van der Waals surface area contributed by atoms with Gasteiger partial charge in [-0.3, -0.25) is 14.4 Å². The number of likely N-dealkylation sites (tertiary alicyclic amines) is 1. The molecular formula is C28H41N3O5. The highest BCUT2D eigenvalue weighted by atomic mass is 16.5. The zero-order chi connectivity index (χ0) is 26.5. The molecule has 8 nitrogen and oxygen atoms in total. The Kier molecular flexibility index (Phi) is 6.99. The molecule has 0 aromatic heterocycles. The van der Waals surface area contributed by atoms with Crippen LogP contribution < -0.4 is 10.6 Å². The second-order valence-electron chi connectivity index (χ2n) is 12.4. The van der Waals surface area contributed by atoms with Crippen molar-refractivity contribution in [3.8, 4) is 0 Å². The summed E-state index contributed by atoms with van der Waals surface area (Å²) in [6.45, 7) is 11.7. The van der Waals surface area contributed by atoms with Gasteiger partial charge < -0.3 is 25.4 Å². The maximum atomic E-state index is 14.1. The molecule has 1 spiro atoms. The number of nitrogens with one attached hydrogen (secondary N) is 2. The van der Waals surface area contributed by atoms with Crippen LogP contribution in [-0.2, 0) is 25.7 Å². The predicted octanol–water partition coefficient (Wildman–Crippen LogP) is 2.39. The molecule has 36 heavy (non-hydrogen) atoms. The van der Waals surface area contributed by atoms with Crippen LogP contribution in [0, 0.1) is 17.8 Å². The number of nitrogens with zero attached hydrogens (tertiary/aromatic N) is 1. The number of hydrogen-bond acceptors (Lipinski definition) is 5. The van der Waals surface area contributed by atoms with Crippen molar-refractivity contribution >= 4 is 17.7 Å². The van der Waals surface area contributed by atoms with Crippen molar-refractivity contribution in [1.29, 1.82) is 0 Å². The van der Waals surface area contributed by atoms with Crippen LogP contribution in [-0.4, -0.2) is 63.2 Å². The number of fused-ring (bicyclic) bond motifs is 1. The number of carbonyl (C=O) groups excluding carboxylic acids is 3. The summed E-state index contributed by atoms with van der Waals surface area (Å²) in [5.74, 6) is -2.08. The fourth-order valence-electron chi connectivity index (χ4n) is 6.61. The van der Waals surface area contributed by atoms with E-state index in [9.17, 15) is 19.5 Å². The number of carbonyl (C=O) groups is 3. The third-order valence-electron chi connectivity index (χ3n) is 7.90. The van der Waals surface area contributed by atoms with Crippen molar-refractivity contribution in [2.24, 2.45) is 17.8 Å². The topological polar surface area (TPSA) is 108 Å². The van der Waals surface area contributed by atoms with Gasteiger partial charge in [-0.05, 0) is 58.4 Å². The molecule has 3 saturated heterocycles. The van der Waals surface area contributed by atoms with E-state index in [0.717, 1.165) is 5.56 Å². The first-order valence-corrected chi connectivity index (χ1v) is 13.1. The Morgan fingerprint density at radius 2 is 1.83 bits per heavy atom. The van der Waals surface area contributed by atoms with Gasteiger partial charge in [0.15, 0.2) is 0 Å². The first-order valence-electron chi connectivity index (χ1n) is 13.1. The highest BCUT2D eigenvalue weighted by Crippen LogP contribution is 2.63. The third kappa shape index (κ3) is 4.54. The van der Waals surface area contributed by atoms with E-state index in [1.54, 1.807) is 4.90 Å². The number of ether oxygens (including phenoxy) is 1. The molecule has 2 unspecified atom stereocenters. The van der Waals surface area contributed by atoms with Crippen LogP contribution in [0.5, 0.6) is 0 Å². The Morgan fingerprint density at radius 1 is 1.17 bits per heavy atom. The van der Waals surface area contributed by atoms with Crippen LogP contribution in [0.2, 0.25) is 0 Å². The van der Waals surface area contributed by atoms with Crippen molar-refractivity contribution in [3.05, 3.63) is 35.9 Å². The Bertz CT molecular complexity index is 1010. The highest BCUT2D eigenvalue weighted by Gasteiger charge is 2.78. The smallest absolute Gasteiger partial charge is 0.246 e. The predicted molar refractivity (Wildman–Crippen MR) is 136 cm³/mol. The lowest BCUT2D eigenvalue weighted by Gasteiger charge is -2.39. The summed E-state index contributed by atoms with van der Waals surface area (Å²) in [6, 6.07) is 8.19. The van der Waals surface area contributed by atoms with E-state index in [2.05, 4.69) is 10.6 Å². The summed E-state index contributed by atoms with van der Waals surface area (Å²) in [5.41, 5.74) is -1.48. The van der Waals surface area contributed by atoms with Crippen LogP contribution in [0.25, 0.3) is 0 Å². The number of hydrogen-bond donors (Lipinski definition) is 3. The molecule has 2 bridgehead atoms. The first-order chi connectivity index (χ1) is 16.8. The molecule has 3 amide bonds. The quantitative estimate of drug-likeness (QED) is 0.509. The van der Waals surface area contributed by atoms with E-state index in [0.29, 0.717) is 25.8 Å². The summed E-state index contributed by atoms with van der Waals surface area (Å²) in [4.78, 5) is 43.1. The van der Waals surface area contributed by atoms with E-state index in [1.165, 1.54) is 0 Å². The third-order valence-corrected chi connectivity index (χ3v) is 7.90. The zero-order valence-electron chi connectivity index (χ0n) is 22.3. The Morgan fingerprint density at radius 3 is 2.42 bits per heavy atom. The van der Waals surface area contributed by atoms with Gasteiger partial charge in [-0.15, -0.1) is 0 Å². The molecule has 0 radical (unpaired) electrons. The van der Waals surface area contributed by atoms with Gasteiger partial charge in [0.25, 0.3) is 0 Å². The molecule has 3 heterocycles. The van der Waals surface area contributed by atoms with Gasteiger partial charge in [0, 0.05) is 12.1 Å². The molecule has 0 saturated carbocycles. The molecule has 1 aromatic rings. The molecule has 3 aliphatic heterocycles. The number of rotatable bonds is 8. The van der Waals surface area contributed by atoms with Crippen LogP contribution in [0.4, 0.5) is 0 Å². The number of aliphatic hydroxyl groups is 1. The minimum Gasteiger partial charge on any atom is -0.394 e.